The molecule has 0 aliphatic carbocycles. The number of carbonyl (C=O) groups excluding carboxylic acids is 1. The normalized spacial score (nSPS) is 25.9. The molecule has 2 heterocycles. The summed E-state index contributed by atoms with van der Waals surface area (Å²) in [5.74, 6) is 1.06. The van der Waals surface area contributed by atoms with Crippen molar-refractivity contribution in [3.05, 3.63) is 0 Å². The van der Waals surface area contributed by atoms with E-state index in [1.807, 2.05) is 0 Å². The van der Waals surface area contributed by atoms with Crippen molar-refractivity contribution in [3.8, 4) is 0 Å². The molecule has 0 radical (unpaired) electrons. The van der Waals surface area contributed by atoms with Gasteiger partial charge in [-0.1, -0.05) is 6.42 Å². The highest BCUT2D eigenvalue weighted by molar-refractivity contribution is 5.75. The van der Waals surface area contributed by atoms with Crippen LogP contribution in [0.25, 0.3) is 0 Å². The average molecular weight is 295 g/mol. The van der Waals surface area contributed by atoms with Gasteiger partial charge in [-0.15, -0.1) is 0 Å². The first-order chi connectivity index (χ1) is 10.2. The van der Waals surface area contributed by atoms with E-state index >= 15 is 0 Å². The molecule has 2 aliphatic rings. The first kappa shape index (κ1) is 16.8. The molecular weight excluding hydrogens is 262 g/mol. The summed E-state index contributed by atoms with van der Waals surface area (Å²) < 4.78 is 0. The second kappa shape index (κ2) is 8.74. The summed E-state index contributed by atoms with van der Waals surface area (Å²) in [6, 6.07) is 0.798. The van der Waals surface area contributed by atoms with Gasteiger partial charge in [0.2, 0.25) is 5.91 Å². The van der Waals surface area contributed by atoms with E-state index in [1.165, 1.54) is 64.7 Å². The summed E-state index contributed by atoms with van der Waals surface area (Å²) in [7, 11) is 1.72. The van der Waals surface area contributed by atoms with Gasteiger partial charge in [-0.25, -0.2) is 0 Å². The van der Waals surface area contributed by atoms with Crippen LogP contribution in [0, 0.1) is 5.92 Å². The first-order valence-electron chi connectivity index (χ1n) is 8.86. The molecule has 0 spiro atoms. The van der Waals surface area contributed by atoms with Crippen molar-refractivity contribution in [1.82, 2.24) is 15.1 Å². The molecule has 2 fully saturated rings. The Bertz CT molecular complexity index is 313. The van der Waals surface area contributed by atoms with Gasteiger partial charge in [-0.05, 0) is 71.1 Å². The molecule has 0 aromatic carbocycles. The smallest absolute Gasteiger partial charge is 0.221 e. The van der Waals surface area contributed by atoms with E-state index in [0.29, 0.717) is 6.42 Å². The number of rotatable bonds is 6. The lowest BCUT2D eigenvalue weighted by molar-refractivity contribution is -0.121. The van der Waals surface area contributed by atoms with Crippen LogP contribution in [0.1, 0.15) is 51.9 Å². The largest absolute Gasteiger partial charge is 0.359 e. The topological polar surface area (TPSA) is 35.6 Å². The van der Waals surface area contributed by atoms with Crippen LogP contribution in [0.2, 0.25) is 0 Å². The van der Waals surface area contributed by atoms with Crippen molar-refractivity contribution in [3.63, 3.8) is 0 Å². The van der Waals surface area contributed by atoms with Crippen LogP contribution in [0.5, 0.6) is 0 Å². The van der Waals surface area contributed by atoms with Gasteiger partial charge in [-0.2, -0.15) is 0 Å². The molecule has 1 amide bonds. The lowest BCUT2D eigenvalue weighted by Crippen LogP contribution is -2.40. The lowest BCUT2D eigenvalue weighted by Gasteiger charge is -2.36. The number of nitrogens with one attached hydrogen (secondary N) is 1. The number of carbonyl (C=O) groups is 1. The van der Waals surface area contributed by atoms with Crippen LogP contribution in [0.4, 0.5) is 0 Å². The van der Waals surface area contributed by atoms with Crippen molar-refractivity contribution in [2.24, 2.45) is 5.92 Å². The molecular formula is C17H33N3O. The summed E-state index contributed by atoms with van der Waals surface area (Å²) in [5.41, 5.74) is 0. The third-order valence-electron chi connectivity index (χ3n) is 5.41. The Morgan fingerprint density at radius 2 is 1.86 bits per heavy atom. The SMILES string of the molecule is CNC(=O)CCN1CCC(CCN2CCCC[C@H]2C)CC1. The Balaban J connectivity index is 1.59. The van der Waals surface area contributed by atoms with Gasteiger partial charge in [0.15, 0.2) is 0 Å². The quantitative estimate of drug-likeness (QED) is 0.815. The maximum atomic E-state index is 11.3. The van der Waals surface area contributed by atoms with E-state index in [0.717, 1.165) is 18.5 Å². The highest BCUT2D eigenvalue weighted by Gasteiger charge is 2.22. The summed E-state index contributed by atoms with van der Waals surface area (Å²) in [6.07, 6.45) is 8.84. The zero-order chi connectivity index (χ0) is 15.1. The lowest BCUT2D eigenvalue weighted by atomic mass is 9.92. The molecule has 2 rings (SSSR count). The molecule has 21 heavy (non-hydrogen) atoms. The van der Waals surface area contributed by atoms with Crippen LogP contribution < -0.4 is 5.32 Å². The minimum Gasteiger partial charge on any atom is -0.359 e. The fraction of sp³-hybridized carbons (Fsp3) is 0.941. The van der Waals surface area contributed by atoms with Gasteiger partial charge < -0.3 is 15.1 Å². The maximum Gasteiger partial charge on any atom is 0.221 e. The van der Waals surface area contributed by atoms with Gasteiger partial charge in [0.05, 0.1) is 0 Å². The van der Waals surface area contributed by atoms with Gasteiger partial charge >= 0.3 is 0 Å². The van der Waals surface area contributed by atoms with Gasteiger partial charge in [-0.3, -0.25) is 4.79 Å². The Morgan fingerprint density at radius 1 is 1.10 bits per heavy atom. The molecule has 0 aromatic rings. The summed E-state index contributed by atoms with van der Waals surface area (Å²) in [5, 5.41) is 2.70. The molecule has 4 nitrogen and oxygen atoms in total. The number of nitrogens with zero attached hydrogens (tertiary/aromatic N) is 2. The van der Waals surface area contributed by atoms with E-state index in [9.17, 15) is 4.79 Å². The molecule has 4 heteroatoms. The predicted molar refractivity (Wildman–Crippen MR) is 87.4 cm³/mol. The highest BCUT2D eigenvalue weighted by atomic mass is 16.1. The minimum absolute atomic E-state index is 0.163. The van der Waals surface area contributed by atoms with E-state index in [-0.39, 0.29) is 5.91 Å². The van der Waals surface area contributed by atoms with Gasteiger partial charge in [0.1, 0.15) is 0 Å². The monoisotopic (exact) mass is 295 g/mol. The standard InChI is InChI=1S/C17H33N3O/c1-15-5-3-4-10-20(15)14-8-16-6-11-19(12-7-16)13-9-17(21)18-2/h15-16H,3-14H2,1-2H3,(H,18,21)/t15-/m1/s1. The third-order valence-corrected chi connectivity index (χ3v) is 5.41. The Morgan fingerprint density at radius 3 is 2.52 bits per heavy atom. The Hall–Kier alpha value is -0.610. The maximum absolute atomic E-state index is 11.3. The fourth-order valence-electron chi connectivity index (χ4n) is 3.72. The van der Waals surface area contributed by atoms with Crippen LogP contribution in [0.15, 0.2) is 0 Å². The predicted octanol–water partition coefficient (Wildman–Crippen LogP) is 2.10. The molecule has 1 N–H and O–H groups in total. The fourth-order valence-corrected chi connectivity index (χ4v) is 3.72. The molecule has 0 bridgehead atoms. The summed E-state index contributed by atoms with van der Waals surface area (Å²) in [4.78, 5) is 16.4. The number of likely N-dealkylation sites (tertiary alicyclic amines) is 2. The van der Waals surface area contributed by atoms with Crippen molar-refractivity contribution < 1.29 is 4.79 Å². The Labute approximate surface area is 130 Å². The second-order valence-corrected chi connectivity index (χ2v) is 6.88. The van der Waals surface area contributed by atoms with Crippen molar-refractivity contribution in [2.45, 2.75) is 57.9 Å². The molecule has 2 saturated heterocycles. The van der Waals surface area contributed by atoms with Gasteiger partial charge in [0.25, 0.3) is 0 Å². The van der Waals surface area contributed by atoms with E-state index in [1.54, 1.807) is 7.05 Å². The third kappa shape index (κ3) is 5.59. The zero-order valence-electron chi connectivity index (χ0n) is 13.9. The number of amides is 1. The van der Waals surface area contributed by atoms with Crippen molar-refractivity contribution in [2.75, 3.05) is 39.8 Å². The number of hydrogen-bond acceptors (Lipinski definition) is 3. The minimum atomic E-state index is 0.163. The van der Waals surface area contributed by atoms with Crippen LogP contribution in [-0.4, -0.2) is 61.5 Å². The average Bonchev–Trinajstić information content (AvgIpc) is 2.53. The van der Waals surface area contributed by atoms with Crippen LogP contribution in [-0.2, 0) is 4.79 Å². The highest BCUT2D eigenvalue weighted by Crippen LogP contribution is 2.23. The molecule has 0 aromatic heterocycles. The molecule has 0 saturated carbocycles. The van der Waals surface area contributed by atoms with E-state index in [2.05, 4.69) is 22.0 Å². The summed E-state index contributed by atoms with van der Waals surface area (Å²) >= 11 is 0. The Kier molecular flexibility index (Phi) is 6.97. The molecule has 0 unspecified atom stereocenters. The molecule has 2 aliphatic heterocycles. The zero-order valence-corrected chi connectivity index (χ0v) is 13.9. The van der Waals surface area contributed by atoms with E-state index in [4.69, 9.17) is 0 Å². The van der Waals surface area contributed by atoms with E-state index < -0.39 is 0 Å². The molecule has 1 atom stereocenters. The first-order valence-corrected chi connectivity index (χ1v) is 8.86. The van der Waals surface area contributed by atoms with Gasteiger partial charge in [0, 0.05) is 26.1 Å². The summed E-state index contributed by atoms with van der Waals surface area (Å²) in [6.45, 7) is 8.28. The van der Waals surface area contributed by atoms with Crippen LogP contribution in [0.3, 0.4) is 0 Å². The second-order valence-electron chi connectivity index (χ2n) is 6.88. The number of hydrogen-bond donors (Lipinski definition) is 1. The van der Waals surface area contributed by atoms with Crippen LogP contribution >= 0.6 is 0 Å². The van der Waals surface area contributed by atoms with Crippen molar-refractivity contribution >= 4 is 5.91 Å². The van der Waals surface area contributed by atoms with Crippen molar-refractivity contribution in [1.29, 1.82) is 0 Å². The molecule has 122 valence electrons. The number of piperidine rings is 2.